The molecule has 1 unspecified atom stereocenters. The summed E-state index contributed by atoms with van der Waals surface area (Å²) in [7, 11) is -3.84. The molecule has 31 heavy (non-hydrogen) atoms. The second-order valence-corrected chi connectivity index (χ2v) is 10.1. The smallest absolute Gasteiger partial charge is 0.435 e. The lowest BCUT2D eigenvalue weighted by Gasteiger charge is -2.34. The molecule has 8 nitrogen and oxygen atoms in total. The maximum Gasteiger partial charge on any atom is 0.435 e. The van der Waals surface area contributed by atoms with E-state index < -0.39 is 26.4 Å². The number of halogens is 2. The van der Waals surface area contributed by atoms with Crippen molar-refractivity contribution in [2.75, 3.05) is 43.9 Å². The number of aromatic amines is 1. The number of nitrogens with zero attached hydrogens (tertiary/aromatic N) is 3. The molecule has 1 aromatic carbocycles. The Labute approximate surface area is 181 Å². The Kier molecular flexibility index (Phi) is 7.15. The van der Waals surface area contributed by atoms with Gasteiger partial charge in [0, 0.05) is 37.4 Å². The average Bonchev–Trinajstić information content (AvgIpc) is 3.20. The number of piperazine rings is 1. The first-order valence-electron chi connectivity index (χ1n) is 10.3. The monoisotopic (exact) mass is 459 g/mol. The highest BCUT2D eigenvalue weighted by Gasteiger charge is 2.29. The first-order chi connectivity index (χ1) is 14.6. The first kappa shape index (κ1) is 23.4. The van der Waals surface area contributed by atoms with Crippen LogP contribution in [0.25, 0.3) is 0 Å². The predicted molar refractivity (Wildman–Crippen MR) is 110 cm³/mol. The molecule has 1 aliphatic heterocycles. The second-order valence-electron chi connectivity index (χ2n) is 8.15. The van der Waals surface area contributed by atoms with Crippen LogP contribution in [-0.4, -0.2) is 63.6 Å². The van der Waals surface area contributed by atoms with Crippen molar-refractivity contribution in [1.29, 1.82) is 0 Å². The van der Waals surface area contributed by atoms with Gasteiger partial charge >= 0.3 is 6.01 Å². The van der Waals surface area contributed by atoms with E-state index in [1.165, 1.54) is 0 Å². The number of nitrogens with one attached hydrogen (secondary N) is 1. The van der Waals surface area contributed by atoms with Crippen molar-refractivity contribution in [3.05, 3.63) is 29.6 Å². The Morgan fingerprint density at radius 1 is 1.16 bits per heavy atom. The van der Waals surface area contributed by atoms with Gasteiger partial charge in [0.15, 0.2) is 21.4 Å². The number of anilines is 1. The van der Waals surface area contributed by atoms with Crippen LogP contribution in [0.4, 0.5) is 14.8 Å². The van der Waals surface area contributed by atoms with Gasteiger partial charge in [0.2, 0.25) is 0 Å². The molecule has 1 N–H and O–H groups in total. The van der Waals surface area contributed by atoms with Crippen molar-refractivity contribution in [2.45, 2.75) is 44.0 Å². The highest BCUT2D eigenvalue weighted by Crippen LogP contribution is 2.25. The van der Waals surface area contributed by atoms with Gasteiger partial charge in [0.25, 0.3) is 5.82 Å². The van der Waals surface area contributed by atoms with E-state index in [9.17, 15) is 17.2 Å². The number of hydrogen-bond acceptors (Lipinski definition) is 7. The minimum absolute atomic E-state index is 0.176. The molecule has 1 fully saturated rings. The van der Waals surface area contributed by atoms with Gasteiger partial charge in [-0.2, -0.15) is 0 Å². The van der Waals surface area contributed by atoms with Crippen LogP contribution >= 0.6 is 0 Å². The molecule has 0 spiro atoms. The van der Waals surface area contributed by atoms with Crippen LogP contribution in [0.1, 0.15) is 38.9 Å². The van der Waals surface area contributed by atoms with Crippen LogP contribution in [0, 0.1) is 11.6 Å². The van der Waals surface area contributed by atoms with E-state index in [-0.39, 0.29) is 24.3 Å². The maximum absolute atomic E-state index is 14.1. The summed E-state index contributed by atoms with van der Waals surface area (Å²) < 4.78 is 61.8. The van der Waals surface area contributed by atoms with Gasteiger partial charge in [-0.15, -0.1) is 0 Å². The van der Waals surface area contributed by atoms with Crippen LogP contribution in [0.5, 0.6) is 5.75 Å². The molecular weight excluding hydrogens is 430 g/mol. The molecule has 3 rings (SSSR count). The molecular formula is C20H29F2N4O4S+. The number of rotatable bonds is 8. The van der Waals surface area contributed by atoms with Crippen LogP contribution in [-0.2, 0) is 9.84 Å². The van der Waals surface area contributed by atoms with Crippen molar-refractivity contribution in [3.63, 3.8) is 0 Å². The van der Waals surface area contributed by atoms with Crippen molar-refractivity contribution in [2.24, 2.45) is 0 Å². The van der Waals surface area contributed by atoms with Gasteiger partial charge in [0.05, 0.1) is 24.9 Å². The van der Waals surface area contributed by atoms with Crippen LogP contribution in [0.3, 0.4) is 0 Å². The zero-order valence-electron chi connectivity index (χ0n) is 18.2. The minimum Gasteiger partial charge on any atom is -0.490 e. The predicted octanol–water partition coefficient (Wildman–Crippen LogP) is 2.27. The van der Waals surface area contributed by atoms with Gasteiger partial charge in [-0.05, 0) is 19.4 Å². The number of aromatic nitrogens is 2. The summed E-state index contributed by atoms with van der Waals surface area (Å²) in [6.07, 6.45) is 1.44. The van der Waals surface area contributed by atoms with E-state index in [4.69, 9.17) is 9.26 Å². The van der Waals surface area contributed by atoms with E-state index in [0.717, 1.165) is 44.3 Å². The topological polar surface area (TPSA) is 90.0 Å². The van der Waals surface area contributed by atoms with E-state index in [2.05, 4.69) is 26.9 Å². The fraction of sp³-hybridized carbons (Fsp3) is 0.600. The second kappa shape index (κ2) is 9.47. The van der Waals surface area contributed by atoms with Crippen LogP contribution in [0.15, 0.2) is 21.6 Å². The number of H-pyrrole nitrogens is 1. The van der Waals surface area contributed by atoms with Crippen molar-refractivity contribution < 1.29 is 31.4 Å². The van der Waals surface area contributed by atoms with Crippen molar-refractivity contribution >= 4 is 15.9 Å². The third kappa shape index (κ3) is 5.70. The average molecular weight is 460 g/mol. The highest BCUT2D eigenvalue weighted by molar-refractivity contribution is 7.90. The molecule has 2 aromatic rings. The molecule has 0 aliphatic carbocycles. The molecule has 1 aromatic heterocycles. The van der Waals surface area contributed by atoms with Crippen LogP contribution in [0.2, 0.25) is 0 Å². The van der Waals surface area contributed by atoms with Gasteiger partial charge in [-0.25, -0.2) is 26.7 Å². The SMILES string of the molecule is CC(C)c1noc(N2CCN(C(C)CCOc3cc(F)c(S(C)(=O)=O)cc3F)CC2)[nH+]1. The van der Waals surface area contributed by atoms with E-state index in [1.807, 2.05) is 13.8 Å². The summed E-state index contributed by atoms with van der Waals surface area (Å²) >= 11 is 0. The number of sulfone groups is 1. The van der Waals surface area contributed by atoms with Gasteiger partial charge in [-0.3, -0.25) is 9.80 Å². The fourth-order valence-corrected chi connectivity index (χ4v) is 4.16. The summed E-state index contributed by atoms with van der Waals surface area (Å²) in [6.45, 7) is 9.52. The lowest BCUT2D eigenvalue weighted by Crippen LogP contribution is -2.50. The largest absolute Gasteiger partial charge is 0.490 e. The van der Waals surface area contributed by atoms with Crippen LogP contribution < -0.4 is 14.6 Å². The van der Waals surface area contributed by atoms with E-state index >= 15 is 0 Å². The normalized spacial score (nSPS) is 16.7. The molecule has 2 heterocycles. The Balaban J connectivity index is 1.48. The lowest BCUT2D eigenvalue weighted by molar-refractivity contribution is -0.383. The molecule has 1 saturated heterocycles. The Morgan fingerprint density at radius 3 is 2.42 bits per heavy atom. The van der Waals surface area contributed by atoms with Gasteiger partial charge in [0.1, 0.15) is 10.7 Å². The van der Waals surface area contributed by atoms with Crippen molar-refractivity contribution in [3.8, 4) is 5.75 Å². The van der Waals surface area contributed by atoms with E-state index in [1.54, 1.807) is 0 Å². The molecule has 1 atom stereocenters. The molecule has 0 bridgehead atoms. The third-order valence-electron chi connectivity index (χ3n) is 5.42. The van der Waals surface area contributed by atoms with E-state index in [0.29, 0.717) is 18.5 Å². The molecule has 11 heteroatoms. The molecule has 1 aliphatic rings. The molecule has 0 saturated carbocycles. The maximum atomic E-state index is 14.1. The zero-order valence-corrected chi connectivity index (χ0v) is 19.0. The quantitative estimate of drug-likeness (QED) is 0.598. The number of ether oxygens (including phenoxy) is 1. The Morgan fingerprint density at radius 2 is 1.84 bits per heavy atom. The lowest BCUT2D eigenvalue weighted by atomic mass is 10.2. The summed E-state index contributed by atoms with van der Waals surface area (Å²) in [4.78, 5) is 6.94. The summed E-state index contributed by atoms with van der Waals surface area (Å²) in [5.41, 5.74) is 0. The Bertz CT molecular complexity index is 1000. The van der Waals surface area contributed by atoms with Crippen molar-refractivity contribution in [1.82, 2.24) is 10.1 Å². The highest BCUT2D eigenvalue weighted by atomic mass is 32.2. The summed E-state index contributed by atoms with van der Waals surface area (Å²) in [5.74, 6) is -1.13. The number of hydrogen-bond donors (Lipinski definition) is 0. The molecule has 172 valence electrons. The number of benzene rings is 1. The fourth-order valence-electron chi connectivity index (χ4n) is 3.43. The zero-order chi connectivity index (χ0) is 22.8. The first-order valence-corrected chi connectivity index (χ1v) is 12.1. The van der Waals surface area contributed by atoms with Gasteiger partial charge < -0.3 is 4.74 Å². The summed E-state index contributed by atoms with van der Waals surface area (Å²) in [6, 6.07) is 2.28. The third-order valence-corrected chi connectivity index (χ3v) is 6.53. The standard InChI is InChI=1S/C20H28F2N4O4S/c1-13(2)19-23-20(30-24-19)26-8-6-25(7-9-26)14(3)5-10-29-17-11-16(22)18(12-15(17)21)31(4,27)28/h11-14H,5-10H2,1-4H3/p+1. The molecule has 0 radical (unpaired) electrons. The summed E-state index contributed by atoms with van der Waals surface area (Å²) in [5, 5.41) is 4.05. The molecule has 0 amide bonds. The van der Waals surface area contributed by atoms with Gasteiger partial charge in [-0.1, -0.05) is 13.8 Å². The Hall–Kier alpha value is -2.27. The minimum atomic E-state index is -3.84.